The number of halogens is 1. The van der Waals surface area contributed by atoms with Crippen molar-refractivity contribution >= 4 is 0 Å². The van der Waals surface area contributed by atoms with E-state index in [-0.39, 0.29) is 12.7 Å². The Morgan fingerprint density at radius 2 is 2.00 bits per heavy atom. The van der Waals surface area contributed by atoms with E-state index in [1.165, 1.54) is 5.56 Å². The fraction of sp³-hybridized carbons (Fsp3) is 0.400. The van der Waals surface area contributed by atoms with Crippen molar-refractivity contribution in [1.29, 1.82) is 0 Å². The van der Waals surface area contributed by atoms with Crippen LogP contribution in [0.2, 0.25) is 0 Å². The number of benzene rings is 1. The Labute approximate surface area is 72.6 Å². The van der Waals surface area contributed by atoms with Crippen LogP contribution in [0.4, 0.5) is 4.39 Å². The average Bonchev–Trinajstić information content (AvgIpc) is 2.16. The zero-order valence-corrected chi connectivity index (χ0v) is 7.26. The molecular weight excluding hydrogens is 153 g/mol. The van der Waals surface area contributed by atoms with E-state index >= 15 is 0 Å². The zero-order valence-electron chi connectivity index (χ0n) is 7.26. The van der Waals surface area contributed by atoms with Crippen molar-refractivity contribution in [3.8, 4) is 0 Å². The summed E-state index contributed by atoms with van der Waals surface area (Å²) in [6.45, 7) is 2.27. The highest BCUT2D eigenvalue weighted by molar-refractivity contribution is 5.14. The molecule has 0 heterocycles. The molecule has 1 atom stereocenters. The molecule has 1 aromatic carbocycles. The predicted molar refractivity (Wildman–Crippen MR) is 48.7 cm³/mol. The minimum Gasteiger partial charge on any atom is -0.308 e. The summed E-state index contributed by atoms with van der Waals surface area (Å²) < 4.78 is 12.0. The fourth-order valence-corrected chi connectivity index (χ4v) is 0.942. The van der Waals surface area contributed by atoms with Crippen LogP contribution in [-0.2, 0) is 6.54 Å². The van der Waals surface area contributed by atoms with E-state index in [2.05, 4.69) is 5.32 Å². The molecule has 0 radical (unpaired) electrons. The fourth-order valence-electron chi connectivity index (χ4n) is 0.942. The quantitative estimate of drug-likeness (QED) is 0.724. The van der Waals surface area contributed by atoms with Crippen molar-refractivity contribution in [2.24, 2.45) is 0 Å². The van der Waals surface area contributed by atoms with Crippen LogP contribution in [-0.4, -0.2) is 12.7 Å². The molecule has 0 aromatic heterocycles. The van der Waals surface area contributed by atoms with Crippen molar-refractivity contribution in [3.63, 3.8) is 0 Å². The van der Waals surface area contributed by atoms with Crippen LogP contribution in [0, 0.1) is 0 Å². The van der Waals surface area contributed by atoms with Crippen LogP contribution in [0.5, 0.6) is 0 Å². The molecule has 0 aliphatic heterocycles. The first kappa shape index (κ1) is 9.20. The summed E-state index contributed by atoms with van der Waals surface area (Å²) in [7, 11) is 0. The van der Waals surface area contributed by atoms with E-state index in [0.29, 0.717) is 0 Å². The van der Waals surface area contributed by atoms with E-state index in [4.69, 9.17) is 0 Å². The standard InChI is InChI=1S/C10H14FN/c1-9(7-11)12-8-10-5-3-2-4-6-10/h2-6,9,12H,7-8H2,1H3/t9-/m1/s1. The number of rotatable bonds is 4. The molecular formula is C10H14FN. The summed E-state index contributed by atoms with van der Waals surface area (Å²) in [6.07, 6.45) is 0. The first-order valence-electron chi connectivity index (χ1n) is 4.16. The van der Waals surface area contributed by atoms with Gasteiger partial charge >= 0.3 is 0 Å². The molecule has 1 nitrogen and oxygen atoms in total. The lowest BCUT2D eigenvalue weighted by Gasteiger charge is -2.08. The molecule has 0 bridgehead atoms. The third kappa shape index (κ3) is 3.01. The Hall–Kier alpha value is -0.890. The van der Waals surface area contributed by atoms with Gasteiger partial charge in [0.2, 0.25) is 0 Å². The van der Waals surface area contributed by atoms with Gasteiger partial charge in [0.15, 0.2) is 0 Å². The molecule has 0 saturated heterocycles. The second kappa shape index (κ2) is 4.88. The molecule has 0 aliphatic carbocycles. The maximum absolute atomic E-state index is 12.0. The third-order valence-electron chi connectivity index (χ3n) is 1.73. The second-order valence-corrected chi connectivity index (χ2v) is 2.92. The van der Waals surface area contributed by atoms with Crippen molar-refractivity contribution in [1.82, 2.24) is 5.32 Å². The Kier molecular flexibility index (Phi) is 3.74. The highest BCUT2D eigenvalue weighted by Crippen LogP contribution is 1.97. The molecule has 0 unspecified atom stereocenters. The second-order valence-electron chi connectivity index (χ2n) is 2.92. The lowest BCUT2D eigenvalue weighted by Crippen LogP contribution is -2.26. The van der Waals surface area contributed by atoms with Crippen LogP contribution in [0.1, 0.15) is 12.5 Å². The number of nitrogens with one attached hydrogen (secondary N) is 1. The van der Waals surface area contributed by atoms with E-state index in [9.17, 15) is 4.39 Å². The van der Waals surface area contributed by atoms with Crippen molar-refractivity contribution < 1.29 is 4.39 Å². The first-order chi connectivity index (χ1) is 5.83. The normalized spacial score (nSPS) is 12.8. The molecule has 1 N–H and O–H groups in total. The SMILES string of the molecule is C[C@H](CF)NCc1ccccc1. The monoisotopic (exact) mass is 167 g/mol. The van der Waals surface area contributed by atoms with Gasteiger partial charge in [-0.05, 0) is 12.5 Å². The summed E-state index contributed by atoms with van der Waals surface area (Å²) in [5.74, 6) is 0. The smallest absolute Gasteiger partial charge is 0.104 e. The molecule has 1 aromatic rings. The van der Waals surface area contributed by atoms with Crippen LogP contribution in [0.3, 0.4) is 0 Å². The Morgan fingerprint density at radius 3 is 2.58 bits per heavy atom. The van der Waals surface area contributed by atoms with Gasteiger partial charge in [0, 0.05) is 12.6 Å². The van der Waals surface area contributed by atoms with Gasteiger partial charge in [0.05, 0.1) is 0 Å². The summed E-state index contributed by atoms with van der Waals surface area (Å²) in [6, 6.07) is 9.94. The van der Waals surface area contributed by atoms with Crippen LogP contribution in [0.25, 0.3) is 0 Å². The van der Waals surface area contributed by atoms with Gasteiger partial charge in [-0.15, -0.1) is 0 Å². The lowest BCUT2D eigenvalue weighted by atomic mass is 10.2. The van der Waals surface area contributed by atoms with Gasteiger partial charge in [-0.3, -0.25) is 0 Å². The molecule has 0 aliphatic rings. The topological polar surface area (TPSA) is 12.0 Å². The third-order valence-corrected chi connectivity index (χ3v) is 1.73. The van der Waals surface area contributed by atoms with Crippen molar-refractivity contribution in [3.05, 3.63) is 35.9 Å². The van der Waals surface area contributed by atoms with E-state index < -0.39 is 0 Å². The van der Waals surface area contributed by atoms with Crippen molar-refractivity contribution in [2.45, 2.75) is 19.5 Å². The molecule has 12 heavy (non-hydrogen) atoms. The van der Waals surface area contributed by atoms with Crippen LogP contribution < -0.4 is 5.32 Å². The highest BCUT2D eigenvalue weighted by Gasteiger charge is 1.98. The maximum Gasteiger partial charge on any atom is 0.104 e. The molecule has 0 fully saturated rings. The summed E-state index contributed by atoms with van der Waals surface area (Å²) in [5, 5.41) is 3.07. The van der Waals surface area contributed by atoms with E-state index in [0.717, 1.165) is 6.54 Å². The Balaban J connectivity index is 2.33. The number of hydrogen-bond donors (Lipinski definition) is 1. The summed E-state index contributed by atoms with van der Waals surface area (Å²) >= 11 is 0. The van der Waals surface area contributed by atoms with Gasteiger partial charge < -0.3 is 5.32 Å². The Morgan fingerprint density at radius 1 is 1.33 bits per heavy atom. The van der Waals surface area contributed by atoms with Crippen LogP contribution in [0.15, 0.2) is 30.3 Å². The molecule has 1 rings (SSSR count). The van der Waals surface area contributed by atoms with Gasteiger partial charge in [-0.1, -0.05) is 30.3 Å². The minimum absolute atomic E-state index is 0.0507. The van der Waals surface area contributed by atoms with Gasteiger partial charge in [-0.25, -0.2) is 4.39 Å². The zero-order chi connectivity index (χ0) is 8.81. The lowest BCUT2D eigenvalue weighted by molar-refractivity contribution is 0.391. The molecule has 2 heteroatoms. The highest BCUT2D eigenvalue weighted by atomic mass is 19.1. The molecule has 0 saturated carbocycles. The molecule has 0 spiro atoms. The first-order valence-corrected chi connectivity index (χ1v) is 4.16. The molecule has 66 valence electrons. The minimum atomic E-state index is -0.313. The average molecular weight is 167 g/mol. The van der Waals surface area contributed by atoms with Crippen LogP contribution >= 0.6 is 0 Å². The van der Waals surface area contributed by atoms with E-state index in [1.54, 1.807) is 0 Å². The molecule has 0 amide bonds. The Bertz CT molecular complexity index is 210. The van der Waals surface area contributed by atoms with E-state index in [1.807, 2.05) is 37.3 Å². The van der Waals surface area contributed by atoms with Gasteiger partial charge in [0.25, 0.3) is 0 Å². The number of alkyl halides is 1. The largest absolute Gasteiger partial charge is 0.308 e. The number of hydrogen-bond acceptors (Lipinski definition) is 1. The predicted octanol–water partition coefficient (Wildman–Crippen LogP) is 2.13. The summed E-state index contributed by atoms with van der Waals surface area (Å²) in [5.41, 5.74) is 1.19. The van der Waals surface area contributed by atoms with Crippen molar-refractivity contribution in [2.75, 3.05) is 6.67 Å². The van der Waals surface area contributed by atoms with Gasteiger partial charge in [0.1, 0.15) is 6.67 Å². The summed E-state index contributed by atoms with van der Waals surface area (Å²) in [4.78, 5) is 0. The maximum atomic E-state index is 12.0. The van der Waals surface area contributed by atoms with Gasteiger partial charge in [-0.2, -0.15) is 0 Å².